The molecule has 108 valence electrons. The van der Waals surface area contributed by atoms with Crippen molar-refractivity contribution in [2.24, 2.45) is 0 Å². The van der Waals surface area contributed by atoms with E-state index in [2.05, 4.69) is 27.6 Å². The molecule has 1 aliphatic heterocycles. The minimum Gasteiger partial charge on any atom is -0.394 e. The third kappa shape index (κ3) is 1.70. The fraction of sp³-hybridized carbons (Fsp3) is 0.500. The largest absolute Gasteiger partial charge is 0.394 e. The van der Waals surface area contributed by atoms with Gasteiger partial charge in [-0.15, -0.1) is 12.6 Å². The molecule has 2 aromatic heterocycles. The maximum absolute atomic E-state index is 10.1. The molecule has 1 aliphatic rings. The molecule has 0 bridgehead atoms. The number of imidazole rings is 1. The van der Waals surface area contributed by atoms with E-state index in [0.29, 0.717) is 11.2 Å². The lowest BCUT2D eigenvalue weighted by Gasteiger charge is -2.28. The molecule has 3 rings (SSSR count). The fourth-order valence-corrected chi connectivity index (χ4v) is 2.65. The fourth-order valence-electron chi connectivity index (χ4n) is 2.22. The number of fused-ring (bicyclic) bond motifs is 1. The summed E-state index contributed by atoms with van der Waals surface area (Å²) in [5.74, 6) is 0.178. The van der Waals surface area contributed by atoms with Gasteiger partial charge in [-0.3, -0.25) is 4.57 Å². The molecule has 0 spiro atoms. The molecule has 9 nitrogen and oxygen atoms in total. The van der Waals surface area contributed by atoms with Crippen LogP contribution in [0, 0.1) is 0 Å². The van der Waals surface area contributed by atoms with Crippen molar-refractivity contribution in [1.82, 2.24) is 19.5 Å². The second kappa shape index (κ2) is 4.53. The van der Waals surface area contributed by atoms with Crippen LogP contribution in [-0.2, 0) is 9.79 Å². The molecule has 5 N–H and O–H groups in total. The minimum atomic E-state index is -1.61. The van der Waals surface area contributed by atoms with Crippen molar-refractivity contribution in [3.63, 3.8) is 0 Å². The molecular formula is C10H13N5O4S. The Morgan fingerprint density at radius 2 is 2.15 bits per heavy atom. The normalized spacial score (nSPS) is 33.9. The molecule has 2 aromatic rings. The number of nitrogens with zero attached hydrogens (tertiary/aromatic N) is 4. The Hall–Kier alpha value is -1.46. The van der Waals surface area contributed by atoms with Crippen LogP contribution in [0.2, 0.25) is 0 Å². The number of aliphatic hydroxyl groups is 3. The van der Waals surface area contributed by atoms with Crippen molar-refractivity contribution in [2.75, 3.05) is 12.3 Å². The number of hydrogen-bond donors (Lipinski definition) is 5. The van der Waals surface area contributed by atoms with Gasteiger partial charge in [-0.25, -0.2) is 15.0 Å². The van der Waals surface area contributed by atoms with Crippen LogP contribution in [0.5, 0.6) is 0 Å². The first-order chi connectivity index (χ1) is 9.49. The standard InChI is InChI=1S/C10H13N5O4S/c11-8-5-9(13-2-12-8)15(3-14-5)10(20)7(18)6(17)4(1-16)19-10/h2-4,6-7,16-18,20H,1H2,(H2,11,12,13)/t4-,6-,7-,10+/m1/s1. The first kappa shape index (κ1) is 13.5. The van der Waals surface area contributed by atoms with E-state index in [1.165, 1.54) is 17.2 Å². The van der Waals surface area contributed by atoms with Crippen molar-refractivity contribution >= 4 is 29.6 Å². The van der Waals surface area contributed by atoms with Gasteiger partial charge in [0.25, 0.3) is 0 Å². The monoisotopic (exact) mass is 299 g/mol. The van der Waals surface area contributed by atoms with Gasteiger partial charge in [0.2, 0.25) is 5.06 Å². The number of aromatic nitrogens is 4. The number of nitrogen functional groups attached to an aromatic ring is 1. The maximum Gasteiger partial charge on any atom is 0.222 e. The quantitative estimate of drug-likeness (QED) is 0.404. The zero-order valence-corrected chi connectivity index (χ0v) is 11.1. The smallest absolute Gasteiger partial charge is 0.222 e. The first-order valence-corrected chi connectivity index (χ1v) is 6.25. The van der Waals surface area contributed by atoms with Crippen molar-refractivity contribution in [3.05, 3.63) is 12.7 Å². The Morgan fingerprint density at radius 1 is 1.40 bits per heavy atom. The van der Waals surface area contributed by atoms with E-state index < -0.39 is 30.0 Å². The molecule has 0 aliphatic carbocycles. The summed E-state index contributed by atoms with van der Waals surface area (Å²) in [5.41, 5.74) is 6.32. The Bertz CT molecular complexity index is 652. The number of rotatable bonds is 2. The van der Waals surface area contributed by atoms with Crippen LogP contribution in [0.15, 0.2) is 12.7 Å². The summed E-state index contributed by atoms with van der Waals surface area (Å²) in [6.07, 6.45) is -1.04. The number of ether oxygens (including phenoxy) is 1. The van der Waals surface area contributed by atoms with Gasteiger partial charge in [0, 0.05) is 0 Å². The lowest BCUT2D eigenvalue weighted by Crippen LogP contribution is -2.41. The highest BCUT2D eigenvalue weighted by Gasteiger charge is 2.54. The molecule has 0 radical (unpaired) electrons. The van der Waals surface area contributed by atoms with Crippen LogP contribution in [0.25, 0.3) is 11.2 Å². The SMILES string of the molecule is Nc1ncnc2c1ncn2[C@]1(S)O[C@H](CO)[C@@H](O)[C@H]1O. The highest BCUT2D eigenvalue weighted by atomic mass is 32.1. The first-order valence-electron chi connectivity index (χ1n) is 5.80. The van der Waals surface area contributed by atoms with Crippen LogP contribution in [0.3, 0.4) is 0 Å². The third-order valence-electron chi connectivity index (χ3n) is 3.30. The molecule has 0 amide bonds. The summed E-state index contributed by atoms with van der Waals surface area (Å²) in [4.78, 5) is 11.9. The maximum atomic E-state index is 10.1. The highest BCUT2D eigenvalue weighted by molar-refractivity contribution is 7.81. The van der Waals surface area contributed by atoms with Crippen molar-refractivity contribution in [1.29, 1.82) is 0 Å². The molecule has 10 heteroatoms. The van der Waals surface area contributed by atoms with E-state index >= 15 is 0 Å². The van der Waals surface area contributed by atoms with Crippen LogP contribution < -0.4 is 5.73 Å². The number of nitrogens with two attached hydrogens (primary N) is 1. The average molecular weight is 299 g/mol. The molecule has 0 unspecified atom stereocenters. The van der Waals surface area contributed by atoms with Gasteiger partial charge in [0.05, 0.1) is 6.61 Å². The van der Waals surface area contributed by atoms with Crippen LogP contribution in [0.4, 0.5) is 5.82 Å². The van der Waals surface area contributed by atoms with E-state index in [4.69, 9.17) is 15.6 Å². The summed E-state index contributed by atoms with van der Waals surface area (Å²) in [6.45, 7) is -0.454. The van der Waals surface area contributed by atoms with Gasteiger partial charge in [0.1, 0.15) is 36.5 Å². The molecule has 1 saturated heterocycles. The Balaban J connectivity index is 2.13. The topological polar surface area (TPSA) is 140 Å². The molecular weight excluding hydrogens is 286 g/mol. The van der Waals surface area contributed by atoms with E-state index in [0.717, 1.165) is 0 Å². The van der Waals surface area contributed by atoms with E-state index in [1.54, 1.807) is 0 Å². The molecule has 0 aromatic carbocycles. The van der Waals surface area contributed by atoms with Gasteiger partial charge < -0.3 is 25.8 Å². The zero-order valence-electron chi connectivity index (χ0n) is 10.2. The predicted molar refractivity (Wildman–Crippen MR) is 70.7 cm³/mol. The lowest BCUT2D eigenvalue weighted by molar-refractivity contribution is -0.0760. The summed E-state index contributed by atoms with van der Waals surface area (Å²) in [5, 5.41) is 27.5. The third-order valence-corrected chi connectivity index (χ3v) is 3.89. The van der Waals surface area contributed by atoms with Crippen LogP contribution in [0.1, 0.15) is 0 Å². The Kier molecular flexibility index (Phi) is 3.06. The summed E-state index contributed by atoms with van der Waals surface area (Å²) >= 11 is 4.29. The van der Waals surface area contributed by atoms with Gasteiger partial charge in [-0.05, 0) is 0 Å². The highest BCUT2D eigenvalue weighted by Crippen LogP contribution is 2.40. The van der Waals surface area contributed by atoms with Crippen LogP contribution >= 0.6 is 12.6 Å². The molecule has 0 saturated carbocycles. The second-order valence-corrected chi connectivity index (χ2v) is 5.12. The van der Waals surface area contributed by atoms with E-state index in [-0.39, 0.29) is 5.82 Å². The average Bonchev–Trinajstić information content (AvgIpc) is 2.96. The number of thiol groups is 1. The van der Waals surface area contributed by atoms with Crippen molar-refractivity contribution in [2.45, 2.75) is 23.4 Å². The molecule has 3 heterocycles. The minimum absolute atomic E-state index is 0.178. The Labute approximate surface area is 118 Å². The predicted octanol–water partition coefficient (Wildman–Crippen LogP) is -1.94. The molecule has 4 atom stereocenters. The van der Waals surface area contributed by atoms with Gasteiger partial charge >= 0.3 is 0 Å². The van der Waals surface area contributed by atoms with Gasteiger partial charge in [-0.2, -0.15) is 0 Å². The summed E-state index contributed by atoms with van der Waals surface area (Å²) in [7, 11) is 0. The zero-order chi connectivity index (χ0) is 14.5. The summed E-state index contributed by atoms with van der Waals surface area (Å²) in [6, 6.07) is 0. The molecule has 1 fully saturated rings. The number of aliphatic hydroxyl groups excluding tert-OH is 3. The van der Waals surface area contributed by atoms with Gasteiger partial charge in [-0.1, -0.05) is 0 Å². The van der Waals surface area contributed by atoms with Crippen molar-refractivity contribution < 1.29 is 20.1 Å². The number of anilines is 1. The van der Waals surface area contributed by atoms with E-state index in [9.17, 15) is 10.2 Å². The van der Waals surface area contributed by atoms with Crippen LogP contribution in [-0.4, -0.2) is 59.8 Å². The second-order valence-electron chi connectivity index (χ2n) is 4.48. The van der Waals surface area contributed by atoms with Crippen molar-refractivity contribution in [3.8, 4) is 0 Å². The van der Waals surface area contributed by atoms with Gasteiger partial charge in [0.15, 0.2) is 11.5 Å². The van der Waals surface area contributed by atoms with E-state index in [1.807, 2.05) is 0 Å². The Morgan fingerprint density at radius 3 is 2.80 bits per heavy atom. The lowest BCUT2D eigenvalue weighted by atomic mass is 10.1. The summed E-state index contributed by atoms with van der Waals surface area (Å²) < 4.78 is 6.79. The molecule has 20 heavy (non-hydrogen) atoms. The number of hydrogen-bond acceptors (Lipinski definition) is 9.